The summed E-state index contributed by atoms with van der Waals surface area (Å²) in [5.41, 5.74) is 3.15. The number of hydrogen-bond acceptors (Lipinski definition) is 6. The number of nitrogens with one attached hydrogen (secondary N) is 3. The highest BCUT2D eigenvalue weighted by Crippen LogP contribution is 2.27. The summed E-state index contributed by atoms with van der Waals surface area (Å²) < 4.78 is 0. The standard InChI is InChI=1S/C51H57N5O6/c1-32(2)24-44-46(57)29-48(59)54-45(25-33(3)4)50(61)53-31-35-13-9-12-34(26-35)30-52-47(58)23-22-43(51(62)56-44)55-49(60)40(27-38-18-10-16-36-14-5-7-20-41(36)38)28-39-19-11-17-37-15-6-8-21-42(37)39/h5-21,26,30-33,40,43-46,57H,22-25,27-29H2,1-4H3,(H,54,59)(H,55,60)(H,56,62)/t43-,44-,45-,46-/m0/s1. The van der Waals surface area contributed by atoms with Crippen molar-refractivity contribution >= 4 is 63.5 Å². The largest absolute Gasteiger partial charge is 0.390 e. The van der Waals surface area contributed by atoms with Gasteiger partial charge < -0.3 is 21.1 Å². The van der Waals surface area contributed by atoms with Gasteiger partial charge in [-0.25, -0.2) is 9.98 Å². The van der Waals surface area contributed by atoms with Crippen molar-refractivity contribution in [2.45, 2.75) is 96.9 Å². The van der Waals surface area contributed by atoms with Gasteiger partial charge in [0.15, 0.2) is 0 Å². The van der Waals surface area contributed by atoms with E-state index < -0.39 is 60.2 Å². The van der Waals surface area contributed by atoms with Crippen molar-refractivity contribution in [1.82, 2.24) is 16.0 Å². The van der Waals surface area contributed by atoms with Crippen LogP contribution in [0.2, 0.25) is 0 Å². The Hall–Kier alpha value is -6.33. The van der Waals surface area contributed by atoms with Crippen molar-refractivity contribution < 1.29 is 29.1 Å². The number of aliphatic imine (C=N–C) groups is 2. The highest BCUT2D eigenvalue weighted by molar-refractivity contribution is 5.98. The lowest BCUT2D eigenvalue weighted by molar-refractivity contribution is -0.133. The molecule has 0 spiro atoms. The van der Waals surface area contributed by atoms with Crippen molar-refractivity contribution in [2.24, 2.45) is 27.7 Å². The first-order chi connectivity index (χ1) is 29.8. The van der Waals surface area contributed by atoms with Gasteiger partial charge in [0, 0.05) is 24.8 Å². The second-order valence-electron chi connectivity index (χ2n) is 17.2. The Labute approximate surface area is 363 Å². The third-order valence-electron chi connectivity index (χ3n) is 11.2. The van der Waals surface area contributed by atoms with Crippen molar-refractivity contribution in [3.05, 3.63) is 131 Å². The summed E-state index contributed by atoms with van der Waals surface area (Å²) in [5, 5.41) is 24.4. The van der Waals surface area contributed by atoms with Gasteiger partial charge in [-0.05, 0) is 93.8 Å². The minimum absolute atomic E-state index is 0.00000311. The fourth-order valence-electron chi connectivity index (χ4n) is 8.10. The van der Waals surface area contributed by atoms with Crippen LogP contribution in [-0.2, 0) is 36.8 Å². The molecule has 1 aliphatic heterocycles. The first kappa shape index (κ1) is 45.2. The van der Waals surface area contributed by atoms with Gasteiger partial charge in [-0.15, -0.1) is 0 Å². The van der Waals surface area contributed by atoms with Gasteiger partial charge in [0.25, 0.3) is 5.91 Å². The first-order valence-corrected chi connectivity index (χ1v) is 21.6. The molecule has 6 rings (SSSR count). The van der Waals surface area contributed by atoms with Gasteiger partial charge in [-0.2, -0.15) is 0 Å². The maximum absolute atomic E-state index is 14.8. The van der Waals surface area contributed by atoms with E-state index in [1.165, 1.54) is 12.4 Å². The molecule has 2 bridgehead atoms. The predicted molar refractivity (Wildman–Crippen MR) is 245 cm³/mol. The molecule has 1 aliphatic rings. The predicted octanol–water partition coefficient (Wildman–Crippen LogP) is 7.08. The maximum Gasteiger partial charge on any atom is 0.268 e. The molecule has 0 saturated carbocycles. The van der Waals surface area contributed by atoms with Gasteiger partial charge in [-0.1, -0.05) is 131 Å². The van der Waals surface area contributed by atoms with E-state index in [0.29, 0.717) is 36.8 Å². The molecular weight excluding hydrogens is 779 g/mol. The van der Waals surface area contributed by atoms with Crippen LogP contribution in [0, 0.1) is 17.8 Å². The summed E-state index contributed by atoms with van der Waals surface area (Å²) in [6.07, 6.45) is 2.24. The van der Waals surface area contributed by atoms with Crippen molar-refractivity contribution in [1.29, 1.82) is 0 Å². The number of nitrogens with zero attached hydrogens (tertiary/aromatic N) is 2. The van der Waals surface area contributed by atoms with E-state index in [1.807, 2.05) is 113 Å². The number of carbonyl (C=O) groups excluding carboxylic acids is 5. The molecule has 5 aromatic rings. The molecule has 5 amide bonds. The second kappa shape index (κ2) is 21.5. The summed E-state index contributed by atoms with van der Waals surface area (Å²) in [6.45, 7) is 7.72. The second-order valence-corrected chi connectivity index (χ2v) is 17.2. The Balaban J connectivity index is 1.33. The molecule has 1 heterocycles. The summed E-state index contributed by atoms with van der Waals surface area (Å²) in [4.78, 5) is 77.6. The van der Waals surface area contributed by atoms with Crippen LogP contribution in [0.4, 0.5) is 0 Å². The number of benzene rings is 5. The molecule has 0 aromatic heterocycles. The lowest BCUT2D eigenvalue weighted by Crippen LogP contribution is -2.54. The van der Waals surface area contributed by atoms with E-state index in [1.54, 1.807) is 24.3 Å². The zero-order valence-electron chi connectivity index (χ0n) is 35.9. The van der Waals surface area contributed by atoms with Crippen LogP contribution in [0.5, 0.6) is 0 Å². The molecule has 62 heavy (non-hydrogen) atoms. The molecule has 5 aromatic carbocycles. The Morgan fingerprint density at radius 2 is 1.26 bits per heavy atom. The molecule has 322 valence electrons. The normalized spacial score (nSPS) is 19.5. The van der Waals surface area contributed by atoms with Crippen LogP contribution in [0.1, 0.15) is 82.1 Å². The number of carbonyl (C=O) groups is 5. The minimum Gasteiger partial charge on any atom is -0.390 e. The van der Waals surface area contributed by atoms with Crippen LogP contribution in [0.3, 0.4) is 0 Å². The highest BCUT2D eigenvalue weighted by Gasteiger charge is 2.32. The van der Waals surface area contributed by atoms with E-state index in [0.717, 1.165) is 32.7 Å². The molecular formula is C51H57N5O6. The molecule has 0 aliphatic carbocycles. The number of aliphatic hydroxyl groups is 1. The molecule has 0 fully saturated rings. The van der Waals surface area contributed by atoms with E-state index in [2.05, 4.69) is 25.9 Å². The Morgan fingerprint density at radius 1 is 0.710 bits per heavy atom. The third kappa shape index (κ3) is 12.6. The van der Waals surface area contributed by atoms with Crippen molar-refractivity contribution in [2.75, 3.05) is 0 Å². The highest BCUT2D eigenvalue weighted by atomic mass is 16.3. The van der Waals surface area contributed by atoms with E-state index in [-0.39, 0.29) is 30.6 Å². The Kier molecular flexibility index (Phi) is 15.6. The van der Waals surface area contributed by atoms with Crippen molar-refractivity contribution in [3.8, 4) is 0 Å². The Morgan fingerprint density at radius 3 is 1.85 bits per heavy atom. The molecule has 0 saturated heterocycles. The monoisotopic (exact) mass is 835 g/mol. The summed E-state index contributed by atoms with van der Waals surface area (Å²) in [5.74, 6) is -3.15. The van der Waals surface area contributed by atoms with Crippen molar-refractivity contribution in [3.63, 3.8) is 0 Å². The van der Waals surface area contributed by atoms with Gasteiger partial charge in [0.05, 0.1) is 18.6 Å². The van der Waals surface area contributed by atoms with E-state index in [4.69, 9.17) is 0 Å². The molecule has 0 radical (unpaired) electrons. The molecule has 0 unspecified atom stereocenters. The summed E-state index contributed by atoms with van der Waals surface area (Å²) in [7, 11) is 0. The van der Waals surface area contributed by atoms with E-state index >= 15 is 0 Å². The molecule has 11 heteroatoms. The lowest BCUT2D eigenvalue weighted by Gasteiger charge is -2.29. The zero-order valence-corrected chi connectivity index (χ0v) is 35.9. The molecule has 4 N–H and O–H groups in total. The number of aliphatic hydroxyl groups excluding tert-OH is 1. The average molecular weight is 836 g/mol. The van der Waals surface area contributed by atoms with Crippen LogP contribution in [0.25, 0.3) is 21.5 Å². The van der Waals surface area contributed by atoms with Gasteiger partial charge in [0.2, 0.25) is 23.6 Å². The fraction of sp³-hybridized carbons (Fsp3) is 0.353. The first-order valence-electron chi connectivity index (χ1n) is 21.6. The summed E-state index contributed by atoms with van der Waals surface area (Å²) >= 11 is 0. The molecule has 11 nitrogen and oxygen atoms in total. The SMILES string of the molecule is CC(C)C[C@@H]1NC(=O)C[C@H](O)[C@H](CC(C)C)NC(=O)[C@@H](NC(=O)C(Cc2cccc3ccccc23)Cc2cccc3ccccc23)CCC(=O)N=Cc2cccc(c2)C=NC1=O. The number of amides is 5. The fourth-order valence-corrected chi connectivity index (χ4v) is 8.10. The minimum atomic E-state index is -1.33. The van der Waals surface area contributed by atoms with Gasteiger partial charge in [0.1, 0.15) is 12.1 Å². The average Bonchev–Trinajstić information content (AvgIpc) is 3.25. The number of fused-ring (bicyclic) bond motifs is 4. The number of hydrogen-bond donors (Lipinski definition) is 4. The van der Waals surface area contributed by atoms with Crippen LogP contribution < -0.4 is 16.0 Å². The van der Waals surface area contributed by atoms with Gasteiger partial charge in [-0.3, -0.25) is 24.0 Å². The topological polar surface area (TPSA) is 166 Å². The molecule has 4 atom stereocenters. The Bertz CT molecular complexity index is 2370. The third-order valence-corrected chi connectivity index (χ3v) is 11.2. The van der Waals surface area contributed by atoms with Crippen LogP contribution >= 0.6 is 0 Å². The van der Waals surface area contributed by atoms with Crippen LogP contribution in [0.15, 0.2) is 119 Å². The summed E-state index contributed by atoms with van der Waals surface area (Å²) in [6, 6.07) is 32.1. The van der Waals surface area contributed by atoms with Gasteiger partial charge >= 0.3 is 0 Å². The lowest BCUT2D eigenvalue weighted by atomic mass is 9.87. The number of rotatable bonds is 10. The quantitative estimate of drug-likeness (QED) is 0.117. The van der Waals surface area contributed by atoms with Crippen LogP contribution in [-0.4, -0.2) is 71.3 Å². The maximum atomic E-state index is 14.8. The zero-order chi connectivity index (χ0) is 44.2. The smallest absolute Gasteiger partial charge is 0.268 e. The van der Waals surface area contributed by atoms with E-state index in [9.17, 15) is 29.1 Å².